The van der Waals surface area contributed by atoms with Crippen LogP contribution in [0.4, 0.5) is 0 Å². The molecule has 1 saturated heterocycles. The third-order valence-electron chi connectivity index (χ3n) is 4.54. The molecular weight excluding hydrogens is 324 g/mol. The van der Waals surface area contributed by atoms with Crippen molar-refractivity contribution in [3.63, 3.8) is 0 Å². The van der Waals surface area contributed by atoms with E-state index in [2.05, 4.69) is 12.1 Å². The maximum Gasteiger partial charge on any atom is 0.224 e. The van der Waals surface area contributed by atoms with Crippen LogP contribution >= 0.6 is 12.4 Å². The number of piperidine rings is 1. The number of hydrogen-bond donors (Lipinski definition) is 1. The molecule has 5 heteroatoms. The molecule has 2 rings (SSSR count). The van der Waals surface area contributed by atoms with E-state index in [1.165, 1.54) is 12.0 Å². The molecule has 1 aliphatic heterocycles. The molecule has 0 aromatic heterocycles. The highest BCUT2D eigenvalue weighted by Gasteiger charge is 2.22. The van der Waals surface area contributed by atoms with Crippen LogP contribution in [0.5, 0.6) is 5.75 Å². The van der Waals surface area contributed by atoms with Crippen molar-refractivity contribution < 1.29 is 9.53 Å². The second-order valence-electron chi connectivity index (χ2n) is 6.62. The fourth-order valence-electron chi connectivity index (χ4n) is 3.17. The first-order valence-corrected chi connectivity index (χ1v) is 8.83. The van der Waals surface area contributed by atoms with Crippen molar-refractivity contribution in [2.24, 2.45) is 11.7 Å². The molecule has 1 heterocycles. The Bertz CT molecular complexity index is 483. The van der Waals surface area contributed by atoms with E-state index in [0.717, 1.165) is 44.0 Å². The fourth-order valence-corrected chi connectivity index (χ4v) is 3.17. The normalized spacial score (nSPS) is 16.4. The van der Waals surface area contributed by atoms with E-state index in [0.29, 0.717) is 13.0 Å². The zero-order chi connectivity index (χ0) is 16.7. The Labute approximate surface area is 152 Å². The third kappa shape index (κ3) is 6.70. The molecule has 1 aromatic rings. The summed E-state index contributed by atoms with van der Waals surface area (Å²) in [7, 11) is 0. The molecule has 24 heavy (non-hydrogen) atoms. The number of carbonyl (C=O) groups is 1. The van der Waals surface area contributed by atoms with Gasteiger partial charge in [-0.25, -0.2) is 0 Å². The van der Waals surface area contributed by atoms with Gasteiger partial charge < -0.3 is 15.4 Å². The predicted octanol–water partition coefficient (Wildman–Crippen LogP) is 3.42. The maximum atomic E-state index is 12.0. The molecule has 0 spiro atoms. The summed E-state index contributed by atoms with van der Waals surface area (Å²) in [6, 6.07) is 8.38. The average Bonchev–Trinajstić information content (AvgIpc) is 2.54. The van der Waals surface area contributed by atoms with E-state index in [1.54, 1.807) is 0 Å². The van der Waals surface area contributed by atoms with Crippen molar-refractivity contribution in [2.75, 3.05) is 19.7 Å². The topological polar surface area (TPSA) is 55.6 Å². The number of aryl methyl sites for hydroxylation is 1. The van der Waals surface area contributed by atoms with Crippen LogP contribution in [-0.4, -0.2) is 36.5 Å². The minimum Gasteiger partial charge on any atom is -0.494 e. The molecule has 1 aliphatic rings. The lowest BCUT2D eigenvalue weighted by molar-refractivity contribution is -0.132. The summed E-state index contributed by atoms with van der Waals surface area (Å²) in [6.07, 6.45) is 4.99. The van der Waals surface area contributed by atoms with Crippen molar-refractivity contribution in [3.05, 3.63) is 29.8 Å². The summed E-state index contributed by atoms with van der Waals surface area (Å²) in [5.41, 5.74) is 7.08. The van der Waals surface area contributed by atoms with Crippen LogP contribution < -0.4 is 10.5 Å². The molecule has 0 saturated carbocycles. The summed E-state index contributed by atoms with van der Waals surface area (Å²) in [6.45, 7) is 6.37. The van der Waals surface area contributed by atoms with Gasteiger partial charge in [0.2, 0.25) is 5.91 Å². The Hall–Kier alpha value is -1.26. The smallest absolute Gasteiger partial charge is 0.224 e. The van der Waals surface area contributed by atoms with Gasteiger partial charge >= 0.3 is 0 Å². The predicted molar refractivity (Wildman–Crippen MR) is 101 cm³/mol. The summed E-state index contributed by atoms with van der Waals surface area (Å²) in [5.74, 6) is 1.88. The minimum absolute atomic E-state index is 0. The Kier molecular flexibility index (Phi) is 9.16. The van der Waals surface area contributed by atoms with Crippen LogP contribution in [0.15, 0.2) is 24.3 Å². The number of likely N-dealkylation sites (tertiary alicyclic amines) is 1. The second kappa shape index (κ2) is 10.6. The van der Waals surface area contributed by atoms with Crippen LogP contribution in [0.2, 0.25) is 0 Å². The first-order chi connectivity index (χ1) is 11.1. The van der Waals surface area contributed by atoms with E-state index in [9.17, 15) is 4.79 Å². The zero-order valence-corrected chi connectivity index (χ0v) is 15.7. The molecule has 1 amide bonds. The van der Waals surface area contributed by atoms with Crippen molar-refractivity contribution in [1.29, 1.82) is 0 Å². The maximum absolute atomic E-state index is 12.0. The Morgan fingerprint density at radius 3 is 2.46 bits per heavy atom. The van der Waals surface area contributed by atoms with Crippen molar-refractivity contribution in [2.45, 2.75) is 52.0 Å². The highest BCUT2D eigenvalue weighted by molar-refractivity contribution is 5.85. The first kappa shape index (κ1) is 20.8. The molecular formula is C19H31ClN2O2. The average molecular weight is 355 g/mol. The quantitative estimate of drug-likeness (QED) is 0.816. The van der Waals surface area contributed by atoms with Gasteiger partial charge in [-0.2, -0.15) is 0 Å². The van der Waals surface area contributed by atoms with Crippen LogP contribution in [0.3, 0.4) is 0 Å². The summed E-state index contributed by atoms with van der Waals surface area (Å²) >= 11 is 0. The molecule has 2 N–H and O–H groups in total. The Balaban J connectivity index is 0.00000288. The number of amides is 1. The van der Waals surface area contributed by atoms with E-state index >= 15 is 0 Å². The number of hydrogen-bond acceptors (Lipinski definition) is 3. The monoisotopic (exact) mass is 354 g/mol. The van der Waals surface area contributed by atoms with Gasteiger partial charge in [-0.3, -0.25) is 4.79 Å². The molecule has 1 unspecified atom stereocenters. The largest absolute Gasteiger partial charge is 0.494 e. The van der Waals surface area contributed by atoms with E-state index in [4.69, 9.17) is 10.5 Å². The van der Waals surface area contributed by atoms with Crippen molar-refractivity contribution in [1.82, 2.24) is 4.90 Å². The zero-order valence-electron chi connectivity index (χ0n) is 14.9. The van der Waals surface area contributed by atoms with Gasteiger partial charge in [0.1, 0.15) is 5.75 Å². The SMILES string of the molecule is CCOc1ccc(CCC2CCN(C(=O)CC(C)N)CC2)cc1.Cl. The minimum atomic E-state index is -0.0418. The number of benzene rings is 1. The number of rotatable bonds is 7. The Morgan fingerprint density at radius 1 is 1.29 bits per heavy atom. The van der Waals surface area contributed by atoms with Gasteiger partial charge in [-0.05, 0) is 63.1 Å². The van der Waals surface area contributed by atoms with Crippen molar-refractivity contribution in [3.8, 4) is 5.75 Å². The van der Waals surface area contributed by atoms with Gasteiger partial charge in [0.05, 0.1) is 6.61 Å². The lowest BCUT2D eigenvalue weighted by Gasteiger charge is -2.32. The molecule has 136 valence electrons. The highest BCUT2D eigenvalue weighted by atomic mass is 35.5. The fraction of sp³-hybridized carbons (Fsp3) is 0.632. The van der Waals surface area contributed by atoms with Gasteiger partial charge in [0.15, 0.2) is 0 Å². The van der Waals surface area contributed by atoms with Gasteiger partial charge in [0.25, 0.3) is 0 Å². The number of nitrogens with two attached hydrogens (primary N) is 1. The van der Waals surface area contributed by atoms with Gasteiger partial charge in [-0.15, -0.1) is 12.4 Å². The van der Waals surface area contributed by atoms with Crippen LogP contribution in [-0.2, 0) is 11.2 Å². The van der Waals surface area contributed by atoms with Crippen LogP contribution in [0.1, 0.15) is 45.1 Å². The molecule has 1 fully saturated rings. The first-order valence-electron chi connectivity index (χ1n) is 8.83. The van der Waals surface area contributed by atoms with Crippen LogP contribution in [0.25, 0.3) is 0 Å². The summed E-state index contributed by atoms with van der Waals surface area (Å²) in [5, 5.41) is 0. The summed E-state index contributed by atoms with van der Waals surface area (Å²) < 4.78 is 5.47. The van der Waals surface area contributed by atoms with E-state index < -0.39 is 0 Å². The second-order valence-corrected chi connectivity index (χ2v) is 6.62. The van der Waals surface area contributed by atoms with E-state index in [-0.39, 0.29) is 24.4 Å². The third-order valence-corrected chi connectivity index (χ3v) is 4.54. The summed E-state index contributed by atoms with van der Waals surface area (Å²) in [4.78, 5) is 14.0. The Morgan fingerprint density at radius 2 is 1.92 bits per heavy atom. The number of carbonyl (C=O) groups excluding carboxylic acids is 1. The highest BCUT2D eigenvalue weighted by Crippen LogP contribution is 2.23. The molecule has 0 aliphatic carbocycles. The molecule has 1 atom stereocenters. The van der Waals surface area contributed by atoms with Crippen molar-refractivity contribution >= 4 is 18.3 Å². The van der Waals surface area contributed by atoms with Gasteiger partial charge in [-0.1, -0.05) is 12.1 Å². The van der Waals surface area contributed by atoms with E-state index in [1.807, 2.05) is 30.9 Å². The molecule has 0 bridgehead atoms. The molecule has 1 aromatic carbocycles. The number of ether oxygens (including phenoxy) is 1. The van der Waals surface area contributed by atoms with Crippen LogP contribution in [0, 0.1) is 5.92 Å². The van der Waals surface area contributed by atoms with Gasteiger partial charge in [0, 0.05) is 25.6 Å². The molecule has 0 radical (unpaired) electrons. The standard InChI is InChI=1S/C19H30N2O2.ClH/c1-3-23-18-8-6-16(7-9-18)4-5-17-10-12-21(13-11-17)19(22)14-15(2)20;/h6-9,15,17H,3-5,10-14,20H2,1-2H3;1H. The number of nitrogens with zero attached hydrogens (tertiary/aromatic N) is 1. The number of halogens is 1. The lowest BCUT2D eigenvalue weighted by atomic mass is 9.90. The molecule has 4 nitrogen and oxygen atoms in total. The lowest BCUT2D eigenvalue weighted by Crippen LogP contribution is -2.40.